The highest BCUT2D eigenvalue weighted by Crippen LogP contribution is 2.33. The number of rotatable bonds is 2. The van der Waals surface area contributed by atoms with Gasteiger partial charge in [-0.25, -0.2) is 18.4 Å². The van der Waals surface area contributed by atoms with Crippen LogP contribution >= 0.6 is 0 Å². The van der Waals surface area contributed by atoms with Crippen LogP contribution in [0, 0.1) is 11.6 Å². The van der Waals surface area contributed by atoms with Gasteiger partial charge in [-0.05, 0) is 30.5 Å². The van der Waals surface area contributed by atoms with E-state index in [1.165, 1.54) is 12.1 Å². The molecule has 0 saturated heterocycles. The molecular formula is C14H13F2N3. The first-order chi connectivity index (χ1) is 9.19. The SMILES string of the molecule is C=Cc1nc2n(n1)CCCC2c1ccc(F)cc1F. The fourth-order valence-electron chi connectivity index (χ4n) is 2.53. The van der Waals surface area contributed by atoms with Crippen molar-refractivity contribution in [1.82, 2.24) is 14.8 Å². The lowest BCUT2D eigenvalue weighted by molar-refractivity contribution is 0.435. The third kappa shape index (κ3) is 2.05. The molecule has 1 aromatic heterocycles. The van der Waals surface area contributed by atoms with Crippen LogP contribution in [0.3, 0.4) is 0 Å². The lowest BCUT2D eigenvalue weighted by Crippen LogP contribution is -2.18. The van der Waals surface area contributed by atoms with Gasteiger partial charge < -0.3 is 0 Å². The van der Waals surface area contributed by atoms with Crippen molar-refractivity contribution < 1.29 is 8.78 Å². The summed E-state index contributed by atoms with van der Waals surface area (Å²) in [4.78, 5) is 4.36. The molecule has 0 spiro atoms. The Balaban J connectivity index is 2.07. The minimum absolute atomic E-state index is 0.171. The summed E-state index contributed by atoms with van der Waals surface area (Å²) in [6.45, 7) is 4.41. The highest BCUT2D eigenvalue weighted by Gasteiger charge is 2.27. The van der Waals surface area contributed by atoms with Gasteiger partial charge in [0.2, 0.25) is 0 Å². The molecule has 1 aliphatic heterocycles. The molecule has 1 atom stereocenters. The Bertz CT molecular complexity index is 634. The van der Waals surface area contributed by atoms with E-state index in [2.05, 4.69) is 16.7 Å². The van der Waals surface area contributed by atoms with Crippen LogP contribution in [0.4, 0.5) is 8.78 Å². The zero-order valence-electron chi connectivity index (χ0n) is 10.3. The lowest BCUT2D eigenvalue weighted by atomic mass is 9.91. The number of nitrogens with zero attached hydrogens (tertiary/aromatic N) is 3. The van der Waals surface area contributed by atoms with Gasteiger partial charge in [0, 0.05) is 18.5 Å². The minimum atomic E-state index is -0.565. The smallest absolute Gasteiger partial charge is 0.173 e. The molecule has 0 radical (unpaired) electrons. The maximum atomic E-state index is 13.9. The summed E-state index contributed by atoms with van der Waals surface area (Å²) in [6.07, 6.45) is 3.26. The van der Waals surface area contributed by atoms with Crippen LogP contribution in [-0.2, 0) is 6.54 Å². The number of fused-ring (bicyclic) bond motifs is 1. The van der Waals surface area contributed by atoms with E-state index in [0.29, 0.717) is 11.4 Å². The number of halogens is 2. The highest BCUT2D eigenvalue weighted by atomic mass is 19.1. The molecule has 1 aromatic carbocycles. The predicted octanol–water partition coefficient (Wildman–Crippen LogP) is 3.13. The Morgan fingerprint density at radius 2 is 2.21 bits per heavy atom. The van der Waals surface area contributed by atoms with E-state index in [9.17, 15) is 8.78 Å². The Morgan fingerprint density at radius 3 is 2.95 bits per heavy atom. The van der Waals surface area contributed by atoms with Gasteiger partial charge in [0.15, 0.2) is 5.82 Å². The van der Waals surface area contributed by atoms with Crippen molar-refractivity contribution in [2.24, 2.45) is 0 Å². The number of aromatic nitrogens is 3. The number of hydrogen-bond donors (Lipinski definition) is 0. The van der Waals surface area contributed by atoms with Crippen LogP contribution < -0.4 is 0 Å². The molecule has 19 heavy (non-hydrogen) atoms. The van der Waals surface area contributed by atoms with E-state index in [0.717, 1.165) is 31.3 Å². The van der Waals surface area contributed by atoms with Crippen molar-refractivity contribution in [3.05, 3.63) is 53.6 Å². The average molecular weight is 261 g/mol. The van der Waals surface area contributed by atoms with Crippen LogP contribution in [0.2, 0.25) is 0 Å². The maximum Gasteiger partial charge on any atom is 0.173 e. The van der Waals surface area contributed by atoms with Crippen molar-refractivity contribution in [2.75, 3.05) is 0 Å². The van der Waals surface area contributed by atoms with Crippen molar-refractivity contribution in [3.63, 3.8) is 0 Å². The van der Waals surface area contributed by atoms with Gasteiger partial charge in [-0.15, -0.1) is 0 Å². The Kier molecular flexibility index (Phi) is 2.89. The predicted molar refractivity (Wildman–Crippen MR) is 67.5 cm³/mol. The molecule has 0 bridgehead atoms. The molecule has 0 amide bonds. The van der Waals surface area contributed by atoms with Crippen LogP contribution in [-0.4, -0.2) is 14.8 Å². The first-order valence-corrected chi connectivity index (χ1v) is 6.21. The van der Waals surface area contributed by atoms with Gasteiger partial charge >= 0.3 is 0 Å². The van der Waals surface area contributed by atoms with Gasteiger partial charge in [0.05, 0.1) is 0 Å². The van der Waals surface area contributed by atoms with E-state index in [4.69, 9.17) is 0 Å². The Hall–Kier alpha value is -2.04. The van der Waals surface area contributed by atoms with Crippen molar-refractivity contribution >= 4 is 6.08 Å². The number of aryl methyl sites for hydroxylation is 1. The molecule has 1 unspecified atom stereocenters. The second kappa shape index (κ2) is 4.57. The summed E-state index contributed by atoms with van der Waals surface area (Å²) in [5, 5.41) is 4.28. The Labute approximate surface area is 109 Å². The van der Waals surface area contributed by atoms with Gasteiger partial charge in [-0.2, -0.15) is 5.10 Å². The molecule has 5 heteroatoms. The second-order valence-corrected chi connectivity index (χ2v) is 4.62. The van der Waals surface area contributed by atoms with E-state index in [1.807, 2.05) is 0 Å². The zero-order chi connectivity index (χ0) is 13.4. The molecule has 0 aliphatic carbocycles. The van der Waals surface area contributed by atoms with Crippen LogP contribution in [0.15, 0.2) is 24.8 Å². The van der Waals surface area contributed by atoms with Gasteiger partial charge in [-0.1, -0.05) is 12.6 Å². The van der Waals surface area contributed by atoms with Gasteiger partial charge in [0.25, 0.3) is 0 Å². The fourth-order valence-corrected chi connectivity index (χ4v) is 2.53. The summed E-state index contributed by atoms with van der Waals surface area (Å²) in [5.41, 5.74) is 0.477. The molecule has 3 rings (SSSR count). The minimum Gasteiger partial charge on any atom is -0.249 e. The van der Waals surface area contributed by atoms with Crippen LogP contribution in [0.5, 0.6) is 0 Å². The topological polar surface area (TPSA) is 30.7 Å². The van der Waals surface area contributed by atoms with Crippen molar-refractivity contribution in [2.45, 2.75) is 25.3 Å². The monoisotopic (exact) mass is 261 g/mol. The molecule has 2 aromatic rings. The molecule has 1 aliphatic rings. The Morgan fingerprint density at radius 1 is 1.37 bits per heavy atom. The number of hydrogen-bond acceptors (Lipinski definition) is 2. The van der Waals surface area contributed by atoms with Crippen molar-refractivity contribution in [1.29, 1.82) is 0 Å². The van der Waals surface area contributed by atoms with Crippen LogP contribution in [0.1, 0.15) is 36.0 Å². The summed E-state index contributed by atoms with van der Waals surface area (Å²) >= 11 is 0. The zero-order valence-corrected chi connectivity index (χ0v) is 10.3. The second-order valence-electron chi connectivity index (χ2n) is 4.62. The molecule has 2 heterocycles. The maximum absolute atomic E-state index is 13.9. The summed E-state index contributed by atoms with van der Waals surface area (Å²) in [5.74, 6) is 0.0125. The third-order valence-electron chi connectivity index (χ3n) is 3.41. The van der Waals surface area contributed by atoms with E-state index in [-0.39, 0.29) is 5.92 Å². The normalized spacial score (nSPS) is 18.1. The first kappa shape index (κ1) is 12.0. The largest absolute Gasteiger partial charge is 0.249 e. The fraction of sp³-hybridized carbons (Fsp3) is 0.286. The summed E-state index contributed by atoms with van der Waals surface area (Å²) < 4.78 is 28.7. The average Bonchev–Trinajstić information content (AvgIpc) is 2.82. The van der Waals surface area contributed by atoms with E-state index in [1.54, 1.807) is 10.8 Å². The first-order valence-electron chi connectivity index (χ1n) is 6.21. The molecule has 0 fully saturated rings. The molecule has 3 nitrogen and oxygen atoms in total. The molecule has 0 N–H and O–H groups in total. The van der Waals surface area contributed by atoms with Gasteiger partial charge in [-0.3, -0.25) is 0 Å². The van der Waals surface area contributed by atoms with Crippen LogP contribution in [0.25, 0.3) is 6.08 Å². The number of benzene rings is 1. The molecule has 98 valence electrons. The standard InChI is InChI=1S/C14H13F2N3/c1-2-13-17-14-11(4-3-7-19(14)18-13)10-6-5-9(15)8-12(10)16/h2,5-6,8,11H,1,3-4,7H2. The quantitative estimate of drug-likeness (QED) is 0.831. The lowest BCUT2D eigenvalue weighted by Gasteiger charge is -2.22. The van der Waals surface area contributed by atoms with Crippen molar-refractivity contribution in [3.8, 4) is 0 Å². The summed E-state index contributed by atoms with van der Waals surface area (Å²) in [7, 11) is 0. The molecular weight excluding hydrogens is 248 g/mol. The molecule has 0 saturated carbocycles. The van der Waals surface area contributed by atoms with E-state index >= 15 is 0 Å². The summed E-state index contributed by atoms with van der Waals surface area (Å²) in [6, 6.07) is 3.69. The van der Waals surface area contributed by atoms with Gasteiger partial charge in [0.1, 0.15) is 17.5 Å². The third-order valence-corrected chi connectivity index (χ3v) is 3.41. The highest BCUT2D eigenvalue weighted by molar-refractivity contribution is 5.37. The van der Waals surface area contributed by atoms with E-state index < -0.39 is 11.6 Å².